The van der Waals surface area contributed by atoms with Crippen molar-refractivity contribution in [1.82, 2.24) is 15.0 Å². The molecule has 1 aromatic carbocycles. The summed E-state index contributed by atoms with van der Waals surface area (Å²) in [6.45, 7) is 3.01. The zero-order valence-corrected chi connectivity index (χ0v) is 10.9. The van der Waals surface area contributed by atoms with E-state index in [2.05, 4.69) is 10.3 Å². The first kappa shape index (κ1) is 13.2. The molecule has 0 atom stereocenters. The first-order valence-electron chi connectivity index (χ1n) is 6.19. The standard InChI is InChI=1S/C13H17N5O/c1-2-17(11-6-4-3-5-7-11)13(19)10-18-12(8-14)9-15-16-18/h3-7,9H,2,8,10,14H2,1H3. The smallest absolute Gasteiger partial charge is 0.248 e. The topological polar surface area (TPSA) is 77.0 Å². The van der Waals surface area contributed by atoms with Crippen LogP contribution in [0.3, 0.4) is 0 Å². The maximum atomic E-state index is 12.3. The summed E-state index contributed by atoms with van der Waals surface area (Å²) in [6, 6.07) is 9.56. The Morgan fingerprint density at radius 3 is 2.74 bits per heavy atom. The number of anilines is 1. The summed E-state index contributed by atoms with van der Waals surface area (Å²) in [7, 11) is 0. The van der Waals surface area contributed by atoms with E-state index in [1.807, 2.05) is 37.3 Å². The van der Waals surface area contributed by atoms with E-state index in [0.717, 1.165) is 11.4 Å². The largest absolute Gasteiger partial charge is 0.325 e. The van der Waals surface area contributed by atoms with Crippen molar-refractivity contribution in [1.29, 1.82) is 0 Å². The molecule has 1 aromatic heterocycles. The van der Waals surface area contributed by atoms with Gasteiger partial charge in [0.15, 0.2) is 0 Å². The second kappa shape index (κ2) is 6.10. The summed E-state index contributed by atoms with van der Waals surface area (Å²) in [5, 5.41) is 7.64. The average Bonchev–Trinajstić information content (AvgIpc) is 2.88. The Balaban J connectivity index is 2.14. The minimum atomic E-state index is -0.0334. The number of amides is 1. The Morgan fingerprint density at radius 2 is 2.11 bits per heavy atom. The van der Waals surface area contributed by atoms with Crippen LogP contribution in [0.25, 0.3) is 0 Å². The van der Waals surface area contributed by atoms with Gasteiger partial charge < -0.3 is 10.6 Å². The summed E-state index contributed by atoms with van der Waals surface area (Å²) in [5.74, 6) is -0.0334. The van der Waals surface area contributed by atoms with E-state index >= 15 is 0 Å². The highest BCUT2D eigenvalue weighted by atomic mass is 16.2. The zero-order chi connectivity index (χ0) is 13.7. The second-order valence-corrected chi connectivity index (χ2v) is 4.06. The van der Waals surface area contributed by atoms with Gasteiger partial charge in [0.05, 0.1) is 11.9 Å². The fourth-order valence-corrected chi connectivity index (χ4v) is 1.89. The first-order chi connectivity index (χ1) is 9.26. The molecule has 0 aliphatic rings. The molecule has 2 N–H and O–H groups in total. The lowest BCUT2D eigenvalue weighted by atomic mass is 10.3. The number of hydrogen-bond donors (Lipinski definition) is 1. The minimum absolute atomic E-state index is 0.0334. The van der Waals surface area contributed by atoms with Crippen LogP contribution in [0.4, 0.5) is 5.69 Å². The van der Waals surface area contributed by atoms with Gasteiger partial charge in [-0.15, -0.1) is 5.10 Å². The lowest BCUT2D eigenvalue weighted by Crippen LogP contribution is -2.34. The fourth-order valence-electron chi connectivity index (χ4n) is 1.89. The van der Waals surface area contributed by atoms with Gasteiger partial charge in [0.25, 0.3) is 0 Å². The maximum Gasteiger partial charge on any atom is 0.248 e. The van der Waals surface area contributed by atoms with Gasteiger partial charge in [0.2, 0.25) is 5.91 Å². The van der Waals surface area contributed by atoms with Gasteiger partial charge in [0, 0.05) is 18.8 Å². The number of carbonyl (C=O) groups excluding carboxylic acids is 1. The summed E-state index contributed by atoms with van der Waals surface area (Å²) in [5.41, 5.74) is 7.19. The minimum Gasteiger partial charge on any atom is -0.325 e. The van der Waals surface area contributed by atoms with E-state index in [1.165, 1.54) is 4.68 Å². The van der Waals surface area contributed by atoms with Crippen LogP contribution in [-0.4, -0.2) is 27.4 Å². The molecule has 6 nitrogen and oxygen atoms in total. The monoisotopic (exact) mass is 259 g/mol. The number of nitrogens with two attached hydrogens (primary N) is 1. The van der Waals surface area contributed by atoms with Crippen LogP contribution in [0.2, 0.25) is 0 Å². The van der Waals surface area contributed by atoms with Gasteiger partial charge >= 0.3 is 0 Å². The molecule has 0 aliphatic carbocycles. The molecule has 0 fully saturated rings. The molecule has 0 saturated carbocycles. The van der Waals surface area contributed by atoms with Gasteiger partial charge in [-0.25, -0.2) is 4.68 Å². The molecule has 19 heavy (non-hydrogen) atoms. The molecule has 0 radical (unpaired) electrons. The molecular formula is C13H17N5O. The molecular weight excluding hydrogens is 242 g/mol. The van der Waals surface area contributed by atoms with Crippen molar-refractivity contribution in [2.45, 2.75) is 20.0 Å². The molecule has 1 heterocycles. The van der Waals surface area contributed by atoms with E-state index in [1.54, 1.807) is 11.1 Å². The molecule has 0 bridgehead atoms. The Hall–Kier alpha value is -2.21. The van der Waals surface area contributed by atoms with Gasteiger partial charge in [0.1, 0.15) is 6.54 Å². The predicted molar refractivity (Wildman–Crippen MR) is 72.4 cm³/mol. The van der Waals surface area contributed by atoms with E-state index in [-0.39, 0.29) is 12.5 Å². The SMILES string of the molecule is CCN(C(=O)Cn1nncc1CN)c1ccccc1. The number of carbonyl (C=O) groups is 1. The molecule has 2 aromatic rings. The van der Waals surface area contributed by atoms with Gasteiger partial charge in [-0.1, -0.05) is 23.4 Å². The lowest BCUT2D eigenvalue weighted by molar-refractivity contribution is -0.119. The van der Waals surface area contributed by atoms with E-state index in [0.29, 0.717) is 13.1 Å². The summed E-state index contributed by atoms with van der Waals surface area (Å²) >= 11 is 0. The van der Waals surface area contributed by atoms with Crippen LogP contribution in [0.1, 0.15) is 12.6 Å². The fraction of sp³-hybridized carbons (Fsp3) is 0.308. The zero-order valence-electron chi connectivity index (χ0n) is 10.9. The van der Waals surface area contributed by atoms with Crippen molar-refractivity contribution in [3.05, 3.63) is 42.2 Å². The van der Waals surface area contributed by atoms with Crippen LogP contribution in [0.5, 0.6) is 0 Å². The highest BCUT2D eigenvalue weighted by Crippen LogP contribution is 2.13. The third kappa shape index (κ3) is 2.97. The number of aromatic nitrogens is 3. The lowest BCUT2D eigenvalue weighted by Gasteiger charge is -2.21. The predicted octanol–water partition coefficient (Wildman–Crippen LogP) is 0.790. The molecule has 2 rings (SSSR count). The molecule has 100 valence electrons. The number of hydrogen-bond acceptors (Lipinski definition) is 4. The molecule has 0 spiro atoms. The Kier molecular flexibility index (Phi) is 4.25. The normalized spacial score (nSPS) is 10.4. The third-order valence-electron chi connectivity index (χ3n) is 2.88. The molecule has 0 aliphatic heterocycles. The van der Waals surface area contributed by atoms with E-state index in [9.17, 15) is 4.79 Å². The van der Waals surface area contributed by atoms with E-state index < -0.39 is 0 Å². The average molecular weight is 259 g/mol. The van der Waals surface area contributed by atoms with Crippen molar-refractivity contribution < 1.29 is 4.79 Å². The third-order valence-corrected chi connectivity index (χ3v) is 2.88. The van der Waals surface area contributed by atoms with Crippen LogP contribution < -0.4 is 10.6 Å². The highest BCUT2D eigenvalue weighted by Gasteiger charge is 2.15. The Bertz CT molecular complexity index is 537. The quantitative estimate of drug-likeness (QED) is 0.861. The van der Waals surface area contributed by atoms with Crippen molar-refractivity contribution in [3.8, 4) is 0 Å². The number of rotatable bonds is 5. The number of para-hydroxylation sites is 1. The maximum absolute atomic E-state index is 12.3. The molecule has 0 unspecified atom stereocenters. The van der Waals surface area contributed by atoms with Gasteiger partial charge in [-0.2, -0.15) is 0 Å². The van der Waals surface area contributed by atoms with Crippen molar-refractivity contribution >= 4 is 11.6 Å². The Morgan fingerprint density at radius 1 is 1.37 bits per heavy atom. The van der Waals surface area contributed by atoms with E-state index in [4.69, 9.17) is 5.73 Å². The van der Waals surface area contributed by atoms with Crippen molar-refractivity contribution in [2.24, 2.45) is 5.73 Å². The summed E-state index contributed by atoms with van der Waals surface area (Å²) < 4.78 is 1.54. The van der Waals surface area contributed by atoms with Gasteiger partial charge in [-0.05, 0) is 19.1 Å². The first-order valence-corrected chi connectivity index (χ1v) is 6.19. The Labute approximate surface area is 111 Å². The van der Waals surface area contributed by atoms with Gasteiger partial charge in [-0.3, -0.25) is 4.79 Å². The number of benzene rings is 1. The molecule has 1 amide bonds. The molecule has 0 saturated heterocycles. The van der Waals surface area contributed by atoms with Crippen molar-refractivity contribution in [3.63, 3.8) is 0 Å². The second-order valence-electron chi connectivity index (χ2n) is 4.06. The summed E-state index contributed by atoms with van der Waals surface area (Å²) in [6.07, 6.45) is 1.58. The van der Waals surface area contributed by atoms with Crippen LogP contribution >= 0.6 is 0 Å². The van der Waals surface area contributed by atoms with Crippen LogP contribution in [-0.2, 0) is 17.9 Å². The highest BCUT2D eigenvalue weighted by molar-refractivity contribution is 5.93. The number of likely N-dealkylation sites (N-methyl/N-ethyl adjacent to an activating group) is 1. The van der Waals surface area contributed by atoms with Crippen molar-refractivity contribution in [2.75, 3.05) is 11.4 Å². The summed E-state index contributed by atoms with van der Waals surface area (Å²) in [4.78, 5) is 14.0. The molecule has 6 heteroatoms. The van der Waals surface area contributed by atoms with Crippen LogP contribution in [0.15, 0.2) is 36.5 Å². The number of nitrogens with zero attached hydrogens (tertiary/aromatic N) is 4. The van der Waals surface area contributed by atoms with Crippen LogP contribution in [0, 0.1) is 0 Å².